The van der Waals surface area contributed by atoms with Crippen molar-refractivity contribution in [2.45, 2.75) is 451 Å². The molecule has 0 aliphatic rings. The summed E-state index contributed by atoms with van der Waals surface area (Å²) in [5, 5.41) is 10.6. The van der Waals surface area contributed by atoms with E-state index in [-0.39, 0.29) is 25.7 Å². The molecule has 0 saturated carbocycles. The Morgan fingerprint density at radius 3 is 0.710 bits per heavy atom. The van der Waals surface area contributed by atoms with E-state index >= 15 is 0 Å². The van der Waals surface area contributed by atoms with Crippen LogP contribution in [0.2, 0.25) is 0 Å². The van der Waals surface area contributed by atoms with Gasteiger partial charge in [-0.1, -0.05) is 381 Å². The number of carbonyl (C=O) groups excluding carboxylic acids is 4. The van der Waals surface area contributed by atoms with Crippen LogP contribution in [0.15, 0.2) is 0 Å². The van der Waals surface area contributed by atoms with Crippen molar-refractivity contribution in [3.63, 3.8) is 0 Å². The van der Waals surface area contributed by atoms with Crippen molar-refractivity contribution in [3.8, 4) is 0 Å². The molecule has 0 saturated heterocycles. The highest BCUT2D eigenvalue weighted by Gasteiger charge is 2.30. The van der Waals surface area contributed by atoms with Crippen LogP contribution in [0.3, 0.4) is 0 Å². The van der Waals surface area contributed by atoms with Crippen LogP contribution >= 0.6 is 15.6 Å². The van der Waals surface area contributed by atoms with Gasteiger partial charge in [-0.3, -0.25) is 37.3 Å². The number of unbranched alkanes of at least 4 members (excludes halogenated alkanes) is 52. The largest absolute Gasteiger partial charge is 0.472 e. The molecule has 6 atom stereocenters. The van der Waals surface area contributed by atoms with E-state index in [2.05, 4.69) is 34.6 Å². The summed E-state index contributed by atoms with van der Waals surface area (Å²) in [5.74, 6) is -1.34. The third kappa shape index (κ3) is 73.0. The zero-order chi connectivity index (χ0) is 73.4. The third-order valence-corrected chi connectivity index (χ3v) is 21.3. The molecule has 0 spiro atoms. The minimum Gasteiger partial charge on any atom is -0.462 e. The second-order valence-corrected chi connectivity index (χ2v) is 32.3. The Morgan fingerprint density at radius 2 is 0.480 bits per heavy atom. The smallest absolute Gasteiger partial charge is 0.462 e. The molecule has 17 nitrogen and oxygen atoms in total. The van der Waals surface area contributed by atoms with Crippen molar-refractivity contribution in [1.29, 1.82) is 0 Å². The minimum absolute atomic E-state index is 0.106. The van der Waals surface area contributed by atoms with Crippen LogP contribution in [-0.2, 0) is 65.4 Å². The molecule has 19 heteroatoms. The van der Waals surface area contributed by atoms with Crippen molar-refractivity contribution in [2.24, 2.45) is 5.92 Å². The number of hydrogen-bond acceptors (Lipinski definition) is 15. The van der Waals surface area contributed by atoms with E-state index in [0.717, 1.165) is 95.8 Å². The zero-order valence-electron chi connectivity index (χ0n) is 65.3. The summed E-state index contributed by atoms with van der Waals surface area (Å²) in [4.78, 5) is 73.0. The van der Waals surface area contributed by atoms with Crippen molar-refractivity contribution >= 4 is 39.5 Å². The fourth-order valence-electron chi connectivity index (χ4n) is 12.6. The standard InChI is InChI=1S/C81H158O17P2/c1-6-10-13-16-19-22-25-27-29-31-33-35-37-39-42-45-51-56-61-66-80(85)97-76(70-92-79(84)65-60-55-50-44-41-38-36-34-32-30-28-26-23-20-17-14-11-7-2)72-95-99(87,88)93-68-75(82)69-94-100(89,90)96-73-77(71-91-78(83)64-59-54-49-43-40-24-21-18-15-12-8-3)98-81(86)67-62-57-52-47-46-48-53-58-63-74(5)9-4/h74-77,82H,6-73H2,1-5H3,(H,87,88)(H,89,90)/t74?,75-,76-,77-/m1/s1. The average molecular weight is 1470 g/mol. The Labute approximate surface area is 613 Å². The highest BCUT2D eigenvalue weighted by Crippen LogP contribution is 2.45. The lowest BCUT2D eigenvalue weighted by molar-refractivity contribution is -0.161. The van der Waals surface area contributed by atoms with Crippen molar-refractivity contribution < 1.29 is 80.2 Å². The van der Waals surface area contributed by atoms with Gasteiger partial charge in [0.15, 0.2) is 12.2 Å². The summed E-state index contributed by atoms with van der Waals surface area (Å²) in [7, 11) is -9.92. The summed E-state index contributed by atoms with van der Waals surface area (Å²) < 4.78 is 68.7. The lowest BCUT2D eigenvalue weighted by atomic mass is 9.99. The van der Waals surface area contributed by atoms with Crippen LogP contribution in [0, 0.1) is 5.92 Å². The first kappa shape index (κ1) is 98.1. The van der Waals surface area contributed by atoms with Gasteiger partial charge in [0.1, 0.15) is 19.3 Å². The first-order valence-electron chi connectivity index (χ1n) is 42.2. The van der Waals surface area contributed by atoms with Crippen LogP contribution < -0.4 is 0 Å². The van der Waals surface area contributed by atoms with Gasteiger partial charge in [-0.05, 0) is 31.6 Å². The molecule has 0 aromatic rings. The lowest BCUT2D eigenvalue weighted by Crippen LogP contribution is -2.30. The van der Waals surface area contributed by atoms with Crippen LogP contribution in [0.25, 0.3) is 0 Å². The maximum atomic E-state index is 13.1. The second-order valence-electron chi connectivity index (χ2n) is 29.4. The van der Waals surface area contributed by atoms with Gasteiger partial charge in [0, 0.05) is 25.7 Å². The number of phosphoric ester groups is 2. The minimum atomic E-state index is -4.96. The third-order valence-electron chi connectivity index (χ3n) is 19.4. The van der Waals surface area contributed by atoms with E-state index in [0.29, 0.717) is 25.7 Å². The van der Waals surface area contributed by atoms with E-state index in [1.807, 2.05) is 0 Å². The molecular weight excluding hydrogens is 1310 g/mol. The number of rotatable bonds is 81. The molecule has 0 fully saturated rings. The summed E-state index contributed by atoms with van der Waals surface area (Å²) in [5.41, 5.74) is 0. The second kappa shape index (κ2) is 73.9. The fourth-order valence-corrected chi connectivity index (χ4v) is 14.1. The highest BCUT2D eigenvalue weighted by molar-refractivity contribution is 7.47. The number of aliphatic hydroxyl groups excluding tert-OH is 1. The van der Waals surface area contributed by atoms with Gasteiger partial charge >= 0.3 is 39.5 Å². The van der Waals surface area contributed by atoms with Crippen LogP contribution in [0.1, 0.15) is 433 Å². The van der Waals surface area contributed by atoms with E-state index in [9.17, 15) is 43.2 Å². The maximum absolute atomic E-state index is 13.1. The van der Waals surface area contributed by atoms with Gasteiger partial charge in [0.05, 0.1) is 26.4 Å². The number of carbonyl (C=O) groups is 4. The zero-order valence-corrected chi connectivity index (χ0v) is 67.1. The molecule has 0 rings (SSSR count). The topological polar surface area (TPSA) is 237 Å². The Hall–Kier alpha value is -1.94. The van der Waals surface area contributed by atoms with Gasteiger partial charge < -0.3 is 33.8 Å². The lowest BCUT2D eigenvalue weighted by Gasteiger charge is -2.21. The van der Waals surface area contributed by atoms with Gasteiger partial charge in [-0.15, -0.1) is 0 Å². The molecule has 0 heterocycles. The first-order valence-corrected chi connectivity index (χ1v) is 45.2. The van der Waals surface area contributed by atoms with Gasteiger partial charge in [0.25, 0.3) is 0 Å². The predicted molar refractivity (Wildman–Crippen MR) is 409 cm³/mol. The van der Waals surface area contributed by atoms with E-state index in [1.54, 1.807) is 0 Å². The molecule has 0 bridgehead atoms. The molecule has 0 aliphatic heterocycles. The number of hydrogen-bond donors (Lipinski definition) is 3. The molecule has 594 valence electrons. The van der Waals surface area contributed by atoms with Gasteiger partial charge in [-0.2, -0.15) is 0 Å². The van der Waals surface area contributed by atoms with E-state index in [1.165, 1.54) is 257 Å². The van der Waals surface area contributed by atoms with Gasteiger partial charge in [0.2, 0.25) is 0 Å². The number of ether oxygens (including phenoxy) is 4. The molecular formula is C81H158O17P2. The summed E-state index contributed by atoms with van der Waals surface area (Å²) in [6.07, 6.45) is 65.2. The average Bonchev–Trinajstić information content (AvgIpc) is 1.40. The molecule has 0 aromatic carbocycles. The molecule has 100 heavy (non-hydrogen) atoms. The number of esters is 4. The van der Waals surface area contributed by atoms with Crippen molar-refractivity contribution in [2.75, 3.05) is 39.6 Å². The number of phosphoric acid groups is 2. The van der Waals surface area contributed by atoms with E-state index in [4.69, 9.17) is 37.0 Å². The molecule has 0 radical (unpaired) electrons. The van der Waals surface area contributed by atoms with Gasteiger partial charge in [-0.25, -0.2) is 9.13 Å². The monoisotopic (exact) mass is 1470 g/mol. The molecule has 0 amide bonds. The van der Waals surface area contributed by atoms with Crippen LogP contribution in [0.5, 0.6) is 0 Å². The predicted octanol–water partition coefficient (Wildman–Crippen LogP) is 24.4. The Balaban J connectivity index is 5.23. The summed E-state index contributed by atoms with van der Waals surface area (Å²) in [6, 6.07) is 0. The molecule has 3 unspecified atom stereocenters. The first-order chi connectivity index (χ1) is 48.6. The maximum Gasteiger partial charge on any atom is 0.472 e. The SMILES string of the molecule is CCCCCCCCCCCCCCCCCCCCCC(=O)O[C@H](COC(=O)CCCCCCCCCCCCCCCCCCCC)COP(=O)(O)OC[C@@H](O)COP(=O)(O)OC[C@@H](COC(=O)CCCCCCCCCCCCC)OC(=O)CCCCCCCCCCC(C)CC. The van der Waals surface area contributed by atoms with Crippen molar-refractivity contribution in [3.05, 3.63) is 0 Å². The molecule has 0 aromatic heterocycles. The van der Waals surface area contributed by atoms with E-state index < -0.39 is 97.5 Å². The van der Waals surface area contributed by atoms with Crippen molar-refractivity contribution in [1.82, 2.24) is 0 Å². The van der Waals surface area contributed by atoms with Crippen LogP contribution in [-0.4, -0.2) is 96.7 Å². The summed E-state index contributed by atoms with van der Waals surface area (Å²) in [6.45, 7) is 7.32. The Kier molecular flexibility index (Phi) is 72.5. The summed E-state index contributed by atoms with van der Waals surface area (Å²) >= 11 is 0. The Morgan fingerprint density at radius 1 is 0.280 bits per heavy atom. The molecule has 0 aliphatic carbocycles. The number of aliphatic hydroxyl groups is 1. The quantitative estimate of drug-likeness (QED) is 0.0222. The Bertz CT molecular complexity index is 1910. The fraction of sp³-hybridized carbons (Fsp3) is 0.951. The van der Waals surface area contributed by atoms with Crippen LogP contribution in [0.4, 0.5) is 0 Å². The normalized spacial score (nSPS) is 14.1. The molecule has 3 N–H and O–H groups in total. The highest BCUT2D eigenvalue weighted by atomic mass is 31.2.